The van der Waals surface area contributed by atoms with Crippen LogP contribution in [0.1, 0.15) is 21.9 Å². The second-order valence-electron chi connectivity index (χ2n) is 5.65. The minimum absolute atomic E-state index is 0.0687. The van der Waals surface area contributed by atoms with Gasteiger partial charge in [-0.2, -0.15) is 0 Å². The van der Waals surface area contributed by atoms with Crippen LogP contribution in [0.25, 0.3) is 22.7 Å². The van der Waals surface area contributed by atoms with Crippen LogP contribution >= 0.6 is 11.8 Å². The predicted molar refractivity (Wildman–Crippen MR) is 99.4 cm³/mol. The molecule has 0 saturated heterocycles. The van der Waals surface area contributed by atoms with Gasteiger partial charge in [0.2, 0.25) is 5.89 Å². The van der Waals surface area contributed by atoms with Crippen LogP contribution in [0, 0.1) is 6.92 Å². The van der Waals surface area contributed by atoms with Gasteiger partial charge < -0.3 is 13.6 Å². The van der Waals surface area contributed by atoms with E-state index in [-0.39, 0.29) is 6.61 Å². The van der Waals surface area contributed by atoms with Crippen molar-refractivity contribution in [2.45, 2.75) is 18.6 Å². The number of nitrogens with zero attached hydrogens (tertiary/aromatic N) is 3. The zero-order valence-electron chi connectivity index (χ0n) is 14.6. The highest BCUT2D eigenvalue weighted by molar-refractivity contribution is 7.98. The number of fused-ring (bicyclic) bond motifs is 1. The number of aromatic nitrogens is 3. The Bertz CT molecular complexity index is 1070. The van der Waals surface area contributed by atoms with Crippen molar-refractivity contribution in [3.63, 3.8) is 0 Å². The maximum absolute atomic E-state index is 12.6. The molecule has 136 valence electrons. The summed E-state index contributed by atoms with van der Waals surface area (Å²) in [5.74, 6) is 0.781. The number of thioether (sulfide) groups is 1. The molecule has 7 nitrogen and oxygen atoms in total. The molecule has 0 spiro atoms. The number of hydrogen-bond donors (Lipinski definition) is 0. The summed E-state index contributed by atoms with van der Waals surface area (Å²) in [4.78, 5) is 25.7. The normalized spacial score (nSPS) is 11.0. The van der Waals surface area contributed by atoms with E-state index in [4.69, 9.17) is 13.6 Å². The number of carbonyl (C=O) groups excluding carboxylic acids is 1. The van der Waals surface area contributed by atoms with Crippen LogP contribution < -0.4 is 0 Å². The topological polar surface area (TPSA) is 91.2 Å². The first-order chi connectivity index (χ1) is 13.2. The van der Waals surface area contributed by atoms with Crippen molar-refractivity contribution in [2.24, 2.45) is 0 Å². The highest BCUT2D eigenvalue weighted by atomic mass is 32.2. The number of furan rings is 1. The maximum atomic E-state index is 12.6. The van der Waals surface area contributed by atoms with E-state index in [9.17, 15) is 4.79 Å². The zero-order chi connectivity index (χ0) is 18.8. The molecule has 0 saturated carbocycles. The summed E-state index contributed by atoms with van der Waals surface area (Å²) in [6.45, 7) is 1.67. The monoisotopic (exact) mass is 381 g/mol. The summed E-state index contributed by atoms with van der Waals surface area (Å²) in [6.07, 6.45) is 3.39. The molecule has 0 N–H and O–H groups in total. The molecule has 0 aliphatic carbocycles. The number of hydrogen-bond acceptors (Lipinski definition) is 8. The standard InChI is InChI=1S/C19H15N3O4S/c1-11-16(18(27-2)22-17(20-11)14-8-5-9-24-14)19(23)25-10-15-21-12-6-3-4-7-13(12)26-15/h3-9H,10H2,1-2H3. The van der Waals surface area contributed by atoms with Gasteiger partial charge in [-0.25, -0.2) is 19.7 Å². The molecule has 0 aliphatic heterocycles. The lowest BCUT2D eigenvalue weighted by molar-refractivity contribution is 0.0433. The van der Waals surface area contributed by atoms with Crippen LogP contribution in [-0.2, 0) is 11.3 Å². The molecule has 0 fully saturated rings. The van der Waals surface area contributed by atoms with Crippen LogP contribution in [0.4, 0.5) is 0 Å². The van der Waals surface area contributed by atoms with Gasteiger partial charge in [0.15, 0.2) is 23.8 Å². The molecular weight excluding hydrogens is 366 g/mol. The maximum Gasteiger partial charge on any atom is 0.343 e. The van der Waals surface area contributed by atoms with Gasteiger partial charge in [-0.15, -0.1) is 11.8 Å². The fourth-order valence-corrected chi connectivity index (χ4v) is 3.24. The van der Waals surface area contributed by atoms with E-state index < -0.39 is 5.97 Å². The molecule has 3 aromatic heterocycles. The molecular formula is C19H15N3O4S. The number of carbonyl (C=O) groups is 1. The minimum Gasteiger partial charge on any atom is -0.461 e. The lowest BCUT2D eigenvalue weighted by Gasteiger charge is -2.10. The van der Waals surface area contributed by atoms with Crippen LogP contribution in [-0.4, -0.2) is 27.2 Å². The third-order valence-electron chi connectivity index (χ3n) is 3.86. The summed E-state index contributed by atoms with van der Waals surface area (Å²) in [5.41, 5.74) is 2.21. The Balaban J connectivity index is 1.57. The number of aryl methyl sites for hydroxylation is 1. The number of rotatable bonds is 5. The van der Waals surface area contributed by atoms with Gasteiger partial charge in [0, 0.05) is 0 Å². The zero-order valence-corrected chi connectivity index (χ0v) is 15.4. The third-order valence-corrected chi connectivity index (χ3v) is 4.54. The van der Waals surface area contributed by atoms with Crippen LogP contribution in [0.5, 0.6) is 0 Å². The van der Waals surface area contributed by atoms with E-state index >= 15 is 0 Å². The van der Waals surface area contributed by atoms with Crippen molar-refractivity contribution >= 4 is 28.8 Å². The Kier molecular flexibility index (Phi) is 4.64. The number of oxazole rings is 1. The van der Waals surface area contributed by atoms with E-state index in [0.29, 0.717) is 39.3 Å². The molecule has 4 rings (SSSR count). The first-order valence-corrected chi connectivity index (χ1v) is 9.36. The summed E-state index contributed by atoms with van der Waals surface area (Å²) in [5, 5.41) is 0.525. The molecule has 8 heteroatoms. The van der Waals surface area contributed by atoms with Gasteiger partial charge in [0.05, 0.1) is 12.0 Å². The lowest BCUT2D eigenvalue weighted by atomic mass is 10.2. The minimum atomic E-state index is -0.523. The number of benzene rings is 1. The second kappa shape index (κ2) is 7.24. The van der Waals surface area contributed by atoms with Gasteiger partial charge in [-0.05, 0) is 37.4 Å². The summed E-state index contributed by atoms with van der Waals surface area (Å²) < 4.78 is 16.3. The molecule has 0 bridgehead atoms. The average molecular weight is 381 g/mol. The van der Waals surface area contributed by atoms with Crippen molar-refractivity contribution in [2.75, 3.05) is 6.26 Å². The van der Waals surface area contributed by atoms with Gasteiger partial charge in [-0.1, -0.05) is 12.1 Å². The molecule has 0 atom stereocenters. The fourth-order valence-electron chi connectivity index (χ4n) is 2.63. The summed E-state index contributed by atoms with van der Waals surface area (Å²) in [7, 11) is 0. The van der Waals surface area contributed by atoms with E-state index in [0.717, 1.165) is 5.52 Å². The Labute approximate surface area is 158 Å². The van der Waals surface area contributed by atoms with Gasteiger partial charge in [-0.3, -0.25) is 0 Å². The molecule has 1 aromatic carbocycles. The Morgan fingerprint density at radius 3 is 2.74 bits per heavy atom. The third kappa shape index (κ3) is 3.43. The molecule has 0 amide bonds. The van der Waals surface area contributed by atoms with Crippen LogP contribution in [0.2, 0.25) is 0 Å². The quantitative estimate of drug-likeness (QED) is 0.288. The molecule has 0 radical (unpaired) electrons. The Morgan fingerprint density at radius 1 is 1.15 bits per heavy atom. The van der Waals surface area contributed by atoms with Crippen molar-refractivity contribution in [1.29, 1.82) is 0 Å². The second-order valence-corrected chi connectivity index (χ2v) is 6.44. The Morgan fingerprint density at radius 2 is 2.00 bits per heavy atom. The highest BCUT2D eigenvalue weighted by Gasteiger charge is 2.21. The van der Waals surface area contributed by atoms with Crippen molar-refractivity contribution in [3.8, 4) is 11.6 Å². The van der Waals surface area contributed by atoms with Crippen molar-refractivity contribution < 1.29 is 18.4 Å². The smallest absolute Gasteiger partial charge is 0.343 e. The summed E-state index contributed by atoms with van der Waals surface area (Å²) in [6, 6.07) is 10.9. The van der Waals surface area contributed by atoms with Crippen LogP contribution in [0.15, 0.2) is 56.5 Å². The van der Waals surface area contributed by atoms with Gasteiger partial charge in [0.1, 0.15) is 16.1 Å². The molecule has 0 aliphatic rings. The SMILES string of the molecule is CSc1nc(-c2ccco2)nc(C)c1C(=O)OCc1nc2ccccc2o1. The molecule has 0 unspecified atom stereocenters. The first kappa shape index (κ1) is 17.3. The fraction of sp³-hybridized carbons (Fsp3) is 0.158. The summed E-state index contributed by atoms with van der Waals surface area (Å²) >= 11 is 1.34. The number of ether oxygens (including phenoxy) is 1. The largest absolute Gasteiger partial charge is 0.461 e. The molecule has 4 aromatic rings. The van der Waals surface area contributed by atoms with E-state index in [1.165, 1.54) is 11.8 Å². The average Bonchev–Trinajstić information content (AvgIpc) is 3.34. The van der Waals surface area contributed by atoms with Crippen molar-refractivity contribution in [3.05, 3.63) is 59.8 Å². The molecule has 3 heterocycles. The lowest BCUT2D eigenvalue weighted by Crippen LogP contribution is -2.12. The number of para-hydroxylation sites is 2. The van der Waals surface area contributed by atoms with E-state index in [1.54, 1.807) is 25.3 Å². The first-order valence-electron chi connectivity index (χ1n) is 8.14. The highest BCUT2D eigenvalue weighted by Crippen LogP contribution is 2.26. The van der Waals surface area contributed by atoms with Gasteiger partial charge >= 0.3 is 5.97 Å². The van der Waals surface area contributed by atoms with Crippen LogP contribution in [0.3, 0.4) is 0 Å². The van der Waals surface area contributed by atoms with Crippen molar-refractivity contribution in [1.82, 2.24) is 15.0 Å². The van der Waals surface area contributed by atoms with E-state index in [1.807, 2.05) is 30.5 Å². The molecule has 27 heavy (non-hydrogen) atoms. The van der Waals surface area contributed by atoms with Gasteiger partial charge in [0.25, 0.3) is 0 Å². The number of esters is 1. The predicted octanol–water partition coefficient (Wildman–Crippen LogP) is 4.27. The van der Waals surface area contributed by atoms with E-state index in [2.05, 4.69) is 15.0 Å². The Hall–Kier alpha value is -3.13.